The standard InChI is InChI=1S/C19H22N4O5S/c1-11(20-10-16(27-3)28-4)17-13(9-15(24)26-2)22-23(18(17)25)19-21-12-7-5-6-8-14(12)29-19/h5-8,16,22H,9-10H2,1-4H3. The summed E-state index contributed by atoms with van der Waals surface area (Å²) >= 11 is 1.37. The van der Waals surface area contributed by atoms with Gasteiger partial charge in [0, 0.05) is 19.9 Å². The molecule has 3 aromatic rings. The number of aromatic amines is 1. The van der Waals surface area contributed by atoms with Gasteiger partial charge in [0.1, 0.15) is 0 Å². The third-order valence-corrected chi connectivity index (χ3v) is 5.37. The molecule has 0 bridgehead atoms. The number of ether oxygens (including phenoxy) is 3. The number of para-hydroxylation sites is 1. The second-order valence-electron chi connectivity index (χ2n) is 6.15. The van der Waals surface area contributed by atoms with Crippen LogP contribution in [-0.4, -0.2) is 60.6 Å². The van der Waals surface area contributed by atoms with Crippen molar-refractivity contribution < 1.29 is 19.0 Å². The minimum absolute atomic E-state index is 0.0934. The Morgan fingerprint density at radius 2 is 2.00 bits per heavy atom. The fourth-order valence-corrected chi connectivity index (χ4v) is 3.75. The Morgan fingerprint density at radius 3 is 2.66 bits per heavy atom. The van der Waals surface area contributed by atoms with E-state index in [-0.39, 0.29) is 18.5 Å². The van der Waals surface area contributed by atoms with Crippen molar-refractivity contribution in [2.24, 2.45) is 4.99 Å². The molecule has 9 nitrogen and oxygen atoms in total. The highest BCUT2D eigenvalue weighted by atomic mass is 32.1. The number of aromatic nitrogens is 3. The van der Waals surface area contributed by atoms with Gasteiger partial charge >= 0.3 is 5.97 Å². The number of aliphatic imine (C=N–C) groups is 1. The first-order valence-electron chi connectivity index (χ1n) is 8.82. The van der Waals surface area contributed by atoms with Gasteiger partial charge in [-0.25, -0.2) is 4.98 Å². The lowest BCUT2D eigenvalue weighted by Crippen LogP contribution is -2.22. The van der Waals surface area contributed by atoms with Gasteiger partial charge in [-0.15, -0.1) is 0 Å². The van der Waals surface area contributed by atoms with Crippen molar-refractivity contribution in [3.8, 4) is 5.13 Å². The van der Waals surface area contributed by atoms with Crippen LogP contribution in [-0.2, 0) is 25.4 Å². The predicted octanol–water partition coefficient (Wildman–Crippen LogP) is 1.92. The van der Waals surface area contributed by atoms with Gasteiger partial charge in [-0.3, -0.25) is 19.7 Å². The number of thiazole rings is 1. The lowest BCUT2D eigenvalue weighted by atomic mass is 10.1. The minimum atomic E-state index is -0.528. The third kappa shape index (κ3) is 4.44. The number of nitrogens with zero attached hydrogens (tertiary/aromatic N) is 3. The SMILES string of the molecule is COC(=O)Cc1[nH]n(-c2nc3ccccc3s2)c(=O)c1C(C)=NCC(OC)OC. The molecule has 0 radical (unpaired) electrons. The lowest BCUT2D eigenvalue weighted by molar-refractivity contribution is -0.139. The summed E-state index contributed by atoms with van der Waals surface area (Å²) in [6.07, 6.45) is -0.622. The van der Waals surface area contributed by atoms with Crippen LogP contribution in [0.25, 0.3) is 15.3 Å². The molecule has 0 unspecified atom stereocenters. The molecule has 2 heterocycles. The average Bonchev–Trinajstić information content (AvgIpc) is 3.29. The molecule has 3 rings (SSSR count). The summed E-state index contributed by atoms with van der Waals surface area (Å²) in [6.45, 7) is 1.92. The van der Waals surface area contributed by atoms with E-state index in [1.165, 1.54) is 37.3 Å². The summed E-state index contributed by atoms with van der Waals surface area (Å²) in [5.74, 6) is -0.469. The van der Waals surface area contributed by atoms with E-state index in [0.29, 0.717) is 22.1 Å². The topological polar surface area (TPSA) is 108 Å². The lowest BCUT2D eigenvalue weighted by Gasteiger charge is -2.10. The number of fused-ring (bicyclic) bond motifs is 1. The molecule has 0 amide bonds. The van der Waals surface area contributed by atoms with Crippen molar-refractivity contribution in [2.75, 3.05) is 27.9 Å². The van der Waals surface area contributed by atoms with Gasteiger partial charge in [0.05, 0.1) is 41.5 Å². The number of carbonyl (C=O) groups excluding carboxylic acids is 1. The molecule has 1 N–H and O–H groups in total. The van der Waals surface area contributed by atoms with Gasteiger partial charge in [0.25, 0.3) is 5.56 Å². The summed E-state index contributed by atoms with van der Waals surface area (Å²) in [6, 6.07) is 7.61. The van der Waals surface area contributed by atoms with Crippen LogP contribution >= 0.6 is 11.3 Å². The number of rotatable bonds is 8. The van der Waals surface area contributed by atoms with E-state index in [2.05, 4.69) is 15.1 Å². The number of H-pyrrole nitrogens is 1. The maximum absolute atomic E-state index is 13.2. The van der Waals surface area contributed by atoms with E-state index in [0.717, 1.165) is 10.2 Å². The Morgan fingerprint density at radius 1 is 1.28 bits per heavy atom. The van der Waals surface area contributed by atoms with Crippen LogP contribution in [0.15, 0.2) is 34.1 Å². The van der Waals surface area contributed by atoms with Gasteiger partial charge in [-0.2, -0.15) is 4.68 Å². The molecule has 1 aromatic carbocycles. The van der Waals surface area contributed by atoms with E-state index >= 15 is 0 Å². The van der Waals surface area contributed by atoms with E-state index in [1.54, 1.807) is 6.92 Å². The third-order valence-electron chi connectivity index (χ3n) is 4.35. The molecule has 0 atom stereocenters. The van der Waals surface area contributed by atoms with Gasteiger partial charge < -0.3 is 14.2 Å². The summed E-state index contributed by atoms with van der Waals surface area (Å²) in [4.78, 5) is 33.9. The molecule has 0 saturated carbocycles. The molecule has 0 aliphatic heterocycles. The summed E-state index contributed by atoms with van der Waals surface area (Å²) in [5.41, 5.74) is 1.63. The van der Waals surface area contributed by atoms with Crippen molar-refractivity contribution in [1.82, 2.24) is 14.8 Å². The van der Waals surface area contributed by atoms with Crippen LogP contribution in [0.1, 0.15) is 18.2 Å². The number of esters is 1. The van der Waals surface area contributed by atoms with Crippen molar-refractivity contribution >= 4 is 33.2 Å². The quantitative estimate of drug-likeness (QED) is 0.340. The van der Waals surface area contributed by atoms with Gasteiger partial charge in [-0.05, 0) is 19.1 Å². The monoisotopic (exact) mass is 418 g/mol. The Bertz CT molecular complexity index is 1060. The maximum atomic E-state index is 13.2. The fraction of sp³-hybridized carbons (Fsp3) is 0.368. The molecule has 29 heavy (non-hydrogen) atoms. The zero-order chi connectivity index (χ0) is 21.0. The van der Waals surface area contributed by atoms with Crippen LogP contribution in [0.3, 0.4) is 0 Å². The van der Waals surface area contributed by atoms with Gasteiger partial charge in [-0.1, -0.05) is 23.5 Å². The predicted molar refractivity (Wildman–Crippen MR) is 110 cm³/mol. The Hall–Kier alpha value is -2.82. The number of hydrogen-bond acceptors (Lipinski definition) is 8. The highest BCUT2D eigenvalue weighted by Crippen LogP contribution is 2.24. The van der Waals surface area contributed by atoms with E-state index in [9.17, 15) is 9.59 Å². The Balaban J connectivity index is 2.07. The molecule has 0 fully saturated rings. The molecule has 0 aliphatic rings. The molecular weight excluding hydrogens is 396 g/mol. The summed E-state index contributed by atoms with van der Waals surface area (Å²) in [5, 5.41) is 3.48. The number of nitrogens with one attached hydrogen (secondary N) is 1. The fourth-order valence-electron chi connectivity index (χ4n) is 2.83. The second kappa shape index (κ2) is 9.12. The molecule has 0 aliphatic carbocycles. The van der Waals surface area contributed by atoms with E-state index in [1.807, 2.05) is 24.3 Å². The number of hydrogen-bond donors (Lipinski definition) is 1. The number of benzene rings is 1. The largest absolute Gasteiger partial charge is 0.469 e. The van der Waals surface area contributed by atoms with Crippen molar-refractivity contribution in [3.05, 3.63) is 45.9 Å². The highest BCUT2D eigenvalue weighted by molar-refractivity contribution is 7.20. The van der Waals surface area contributed by atoms with Crippen molar-refractivity contribution in [1.29, 1.82) is 0 Å². The van der Waals surface area contributed by atoms with E-state index in [4.69, 9.17) is 14.2 Å². The Kier molecular flexibility index (Phi) is 6.57. The first-order valence-corrected chi connectivity index (χ1v) is 9.63. The van der Waals surface area contributed by atoms with Crippen LogP contribution < -0.4 is 5.56 Å². The summed E-state index contributed by atoms with van der Waals surface area (Å²) < 4.78 is 17.3. The van der Waals surface area contributed by atoms with Crippen molar-refractivity contribution in [3.63, 3.8) is 0 Å². The first kappa shape index (κ1) is 20.9. The first-order chi connectivity index (χ1) is 14.0. The maximum Gasteiger partial charge on any atom is 0.311 e. The zero-order valence-electron chi connectivity index (χ0n) is 16.6. The van der Waals surface area contributed by atoms with Crippen LogP contribution in [0.2, 0.25) is 0 Å². The molecule has 0 spiro atoms. The van der Waals surface area contributed by atoms with Crippen molar-refractivity contribution in [2.45, 2.75) is 19.6 Å². The van der Waals surface area contributed by atoms with Gasteiger partial charge in [0.2, 0.25) is 5.13 Å². The van der Waals surface area contributed by atoms with Crippen LogP contribution in [0, 0.1) is 0 Å². The van der Waals surface area contributed by atoms with E-state index < -0.39 is 12.3 Å². The van der Waals surface area contributed by atoms with Gasteiger partial charge in [0.15, 0.2) is 6.29 Å². The Labute approximate surface area is 170 Å². The normalized spacial score (nSPS) is 12.1. The smallest absolute Gasteiger partial charge is 0.311 e. The minimum Gasteiger partial charge on any atom is -0.469 e. The summed E-state index contributed by atoms with van der Waals surface area (Å²) in [7, 11) is 4.32. The van der Waals surface area contributed by atoms with Crippen LogP contribution in [0.5, 0.6) is 0 Å². The molecule has 0 saturated heterocycles. The van der Waals surface area contributed by atoms with Crippen LogP contribution in [0.4, 0.5) is 0 Å². The number of methoxy groups -OCH3 is 3. The molecule has 2 aromatic heterocycles. The highest BCUT2D eigenvalue weighted by Gasteiger charge is 2.22. The average molecular weight is 418 g/mol. The molecular formula is C19H22N4O5S. The second-order valence-corrected chi connectivity index (χ2v) is 7.16. The number of carbonyl (C=O) groups is 1. The molecule has 154 valence electrons. The zero-order valence-corrected chi connectivity index (χ0v) is 17.4. The molecule has 10 heteroatoms.